The van der Waals surface area contributed by atoms with Crippen LogP contribution in [-0.4, -0.2) is 15.0 Å². The van der Waals surface area contributed by atoms with E-state index < -0.39 is 0 Å². The van der Waals surface area contributed by atoms with Crippen molar-refractivity contribution in [3.63, 3.8) is 0 Å². The Kier molecular flexibility index (Phi) is 3.78. The highest BCUT2D eigenvalue weighted by atomic mass is 16.2. The second kappa shape index (κ2) is 5.76. The molecule has 1 amide bonds. The predicted molar refractivity (Wildman–Crippen MR) is 91.7 cm³/mol. The maximum Gasteiger partial charge on any atom is 0.328 e. The van der Waals surface area contributed by atoms with Crippen molar-refractivity contribution in [2.24, 2.45) is 14.1 Å². The van der Waals surface area contributed by atoms with Crippen molar-refractivity contribution in [2.45, 2.75) is 13.3 Å². The van der Waals surface area contributed by atoms with Gasteiger partial charge in [0.05, 0.1) is 17.5 Å². The van der Waals surface area contributed by atoms with E-state index in [2.05, 4.69) is 5.32 Å². The molecule has 0 radical (unpaired) electrons. The number of aryl methyl sites for hydroxylation is 3. The van der Waals surface area contributed by atoms with Gasteiger partial charge in [-0.1, -0.05) is 24.3 Å². The molecule has 0 bridgehead atoms. The molecule has 0 atom stereocenters. The fourth-order valence-corrected chi connectivity index (χ4v) is 2.77. The van der Waals surface area contributed by atoms with Crippen LogP contribution in [0.2, 0.25) is 0 Å². The molecule has 1 aromatic heterocycles. The second-order valence-corrected chi connectivity index (χ2v) is 5.76. The lowest BCUT2D eigenvalue weighted by atomic mass is 10.1. The molecule has 0 aliphatic heterocycles. The summed E-state index contributed by atoms with van der Waals surface area (Å²) in [6.07, 6.45) is 0.332. The molecule has 0 fully saturated rings. The minimum atomic E-state index is -0.0802. The summed E-state index contributed by atoms with van der Waals surface area (Å²) in [7, 11) is 3.46. The number of hydrogen-bond donors (Lipinski definition) is 1. The van der Waals surface area contributed by atoms with E-state index in [1.165, 1.54) is 0 Å². The van der Waals surface area contributed by atoms with E-state index in [1.807, 2.05) is 49.4 Å². The number of amides is 1. The average Bonchev–Trinajstić information content (AvgIpc) is 2.74. The van der Waals surface area contributed by atoms with Crippen molar-refractivity contribution in [1.82, 2.24) is 9.13 Å². The highest BCUT2D eigenvalue weighted by Gasteiger charge is 2.10. The first-order valence-electron chi connectivity index (χ1n) is 7.47. The molecule has 23 heavy (non-hydrogen) atoms. The minimum absolute atomic E-state index is 0.0698. The number of carbonyl (C=O) groups excluding carboxylic acids is 1. The van der Waals surface area contributed by atoms with Gasteiger partial charge in [-0.25, -0.2) is 4.79 Å². The number of anilines is 1. The number of imidazole rings is 1. The Bertz CT molecular complexity index is 951. The molecule has 2 aromatic carbocycles. The molecule has 0 saturated carbocycles. The first-order chi connectivity index (χ1) is 11.0. The van der Waals surface area contributed by atoms with Gasteiger partial charge in [0.1, 0.15) is 0 Å². The van der Waals surface area contributed by atoms with E-state index in [-0.39, 0.29) is 11.6 Å². The molecular formula is C18H19N3O2. The molecule has 0 spiro atoms. The summed E-state index contributed by atoms with van der Waals surface area (Å²) in [5.41, 5.74) is 4.36. The van der Waals surface area contributed by atoms with Gasteiger partial charge in [-0.05, 0) is 36.2 Å². The Morgan fingerprint density at radius 1 is 1.04 bits per heavy atom. The molecule has 3 aromatic rings. The lowest BCUT2D eigenvalue weighted by Gasteiger charge is -2.08. The number of aromatic nitrogens is 2. The summed E-state index contributed by atoms with van der Waals surface area (Å²) < 4.78 is 3.17. The molecule has 0 aliphatic rings. The van der Waals surface area contributed by atoms with Gasteiger partial charge in [0, 0.05) is 19.8 Å². The summed E-state index contributed by atoms with van der Waals surface area (Å²) >= 11 is 0. The fourth-order valence-electron chi connectivity index (χ4n) is 2.77. The number of benzene rings is 2. The van der Waals surface area contributed by atoms with E-state index in [4.69, 9.17) is 0 Å². The van der Waals surface area contributed by atoms with Gasteiger partial charge in [-0.3, -0.25) is 13.9 Å². The first-order valence-corrected chi connectivity index (χ1v) is 7.47. The zero-order chi connectivity index (χ0) is 16.6. The van der Waals surface area contributed by atoms with Crippen LogP contribution in [0.25, 0.3) is 11.0 Å². The maximum absolute atomic E-state index is 12.2. The maximum atomic E-state index is 12.2. The molecule has 5 nitrogen and oxygen atoms in total. The zero-order valence-electron chi connectivity index (χ0n) is 13.5. The summed E-state index contributed by atoms with van der Waals surface area (Å²) in [4.78, 5) is 24.2. The molecule has 1 N–H and O–H groups in total. The van der Waals surface area contributed by atoms with Crippen molar-refractivity contribution in [3.8, 4) is 0 Å². The predicted octanol–water partition coefficient (Wildman–Crippen LogP) is 2.37. The number of nitrogens with zero attached hydrogens (tertiary/aromatic N) is 2. The molecule has 118 valence electrons. The fraction of sp³-hybridized carbons (Fsp3) is 0.222. The van der Waals surface area contributed by atoms with Gasteiger partial charge in [0.15, 0.2) is 0 Å². The van der Waals surface area contributed by atoms with E-state index >= 15 is 0 Å². The van der Waals surface area contributed by atoms with Crippen molar-refractivity contribution < 1.29 is 4.79 Å². The van der Waals surface area contributed by atoms with Gasteiger partial charge < -0.3 is 5.32 Å². The number of rotatable bonds is 3. The van der Waals surface area contributed by atoms with Gasteiger partial charge in [-0.2, -0.15) is 0 Å². The second-order valence-electron chi connectivity index (χ2n) is 5.76. The average molecular weight is 309 g/mol. The normalized spacial score (nSPS) is 10.9. The zero-order valence-corrected chi connectivity index (χ0v) is 13.5. The molecule has 1 heterocycles. The van der Waals surface area contributed by atoms with Crippen molar-refractivity contribution in [3.05, 3.63) is 64.1 Å². The first kappa shape index (κ1) is 15.1. The van der Waals surface area contributed by atoms with E-state index in [0.717, 1.165) is 22.2 Å². The third-order valence-electron chi connectivity index (χ3n) is 4.17. The van der Waals surface area contributed by atoms with Gasteiger partial charge in [-0.15, -0.1) is 0 Å². The topological polar surface area (TPSA) is 56.0 Å². The number of fused-ring (bicyclic) bond motifs is 1. The van der Waals surface area contributed by atoms with Crippen LogP contribution in [0.4, 0.5) is 5.69 Å². The Hall–Kier alpha value is -2.82. The standard InChI is InChI=1S/C18H19N3O2/c1-12-6-4-5-7-13(12)10-17(22)19-14-8-9-15-16(11-14)21(3)18(23)20(15)2/h4-9,11H,10H2,1-3H3,(H,19,22). The lowest BCUT2D eigenvalue weighted by Crippen LogP contribution is -2.19. The third kappa shape index (κ3) is 2.77. The summed E-state index contributed by atoms with van der Waals surface area (Å²) in [6, 6.07) is 13.3. The van der Waals surface area contributed by atoms with Crippen LogP contribution < -0.4 is 11.0 Å². The summed E-state index contributed by atoms with van der Waals surface area (Å²) in [5, 5.41) is 2.90. The molecule has 3 rings (SSSR count). The Morgan fingerprint density at radius 3 is 2.48 bits per heavy atom. The van der Waals surface area contributed by atoms with Crippen molar-refractivity contribution in [1.29, 1.82) is 0 Å². The summed E-state index contributed by atoms with van der Waals surface area (Å²) in [5.74, 6) is -0.0698. The SMILES string of the molecule is Cc1ccccc1CC(=O)Nc1ccc2c(c1)n(C)c(=O)n2C. The van der Waals surface area contributed by atoms with Gasteiger partial charge >= 0.3 is 5.69 Å². The Balaban J connectivity index is 1.84. The molecule has 0 saturated heterocycles. The molecule has 0 unspecified atom stereocenters. The third-order valence-corrected chi connectivity index (χ3v) is 4.17. The highest BCUT2D eigenvalue weighted by Crippen LogP contribution is 2.18. The molecule has 0 aliphatic carbocycles. The highest BCUT2D eigenvalue weighted by molar-refractivity contribution is 5.94. The molecule has 5 heteroatoms. The van der Waals surface area contributed by atoms with Crippen molar-refractivity contribution in [2.75, 3.05) is 5.32 Å². The van der Waals surface area contributed by atoms with Crippen LogP contribution in [0.5, 0.6) is 0 Å². The number of nitrogens with one attached hydrogen (secondary N) is 1. The van der Waals surface area contributed by atoms with Crippen LogP contribution in [-0.2, 0) is 25.3 Å². The largest absolute Gasteiger partial charge is 0.328 e. The number of hydrogen-bond acceptors (Lipinski definition) is 2. The van der Waals surface area contributed by atoms with E-state index in [0.29, 0.717) is 12.1 Å². The van der Waals surface area contributed by atoms with Crippen LogP contribution in [0.3, 0.4) is 0 Å². The van der Waals surface area contributed by atoms with Crippen LogP contribution in [0.15, 0.2) is 47.3 Å². The lowest BCUT2D eigenvalue weighted by molar-refractivity contribution is -0.115. The summed E-state index contributed by atoms with van der Waals surface area (Å²) in [6.45, 7) is 1.99. The van der Waals surface area contributed by atoms with E-state index in [1.54, 1.807) is 23.2 Å². The van der Waals surface area contributed by atoms with Crippen LogP contribution in [0.1, 0.15) is 11.1 Å². The molecular weight excluding hydrogens is 290 g/mol. The van der Waals surface area contributed by atoms with Gasteiger partial charge in [0.2, 0.25) is 5.91 Å². The van der Waals surface area contributed by atoms with Crippen LogP contribution in [0, 0.1) is 6.92 Å². The van der Waals surface area contributed by atoms with E-state index in [9.17, 15) is 9.59 Å². The van der Waals surface area contributed by atoms with Gasteiger partial charge in [0.25, 0.3) is 0 Å². The monoisotopic (exact) mass is 309 g/mol. The number of carbonyl (C=O) groups is 1. The van der Waals surface area contributed by atoms with Crippen molar-refractivity contribution >= 4 is 22.6 Å². The van der Waals surface area contributed by atoms with Crippen LogP contribution >= 0.6 is 0 Å². The Labute approximate surface area is 134 Å². The Morgan fingerprint density at radius 2 is 1.74 bits per heavy atom. The quantitative estimate of drug-likeness (QED) is 0.807. The smallest absolute Gasteiger partial charge is 0.326 e. The minimum Gasteiger partial charge on any atom is -0.326 e.